The molecular formula is C23H18F2N4O3. The van der Waals surface area contributed by atoms with Crippen molar-refractivity contribution in [2.45, 2.75) is 13.5 Å². The number of nitrogens with zero attached hydrogens (tertiary/aromatic N) is 2. The van der Waals surface area contributed by atoms with Gasteiger partial charge in [-0.2, -0.15) is 0 Å². The van der Waals surface area contributed by atoms with Gasteiger partial charge in [0.25, 0.3) is 5.56 Å². The molecule has 2 aromatic heterocycles. The lowest BCUT2D eigenvalue weighted by Crippen LogP contribution is -2.21. The Hall–Kier alpha value is -4.27. The Morgan fingerprint density at radius 2 is 1.81 bits per heavy atom. The molecule has 0 atom stereocenters. The van der Waals surface area contributed by atoms with Crippen LogP contribution in [0.5, 0.6) is 5.75 Å². The number of amides is 2. The molecule has 0 spiro atoms. The first-order valence-electron chi connectivity index (χ1n) is 9.63. The molecule has 2 amide bonds. The van der Waals surface area contributed by atoms with Crippen LogP contribution < -0.4 is 20.9 Å². The second kappa shape index (κ2) is 8.84. The lowest BCUT2D eigenvalue weighted by Gasteiger charge is -2.13. The number of fused-ring (bicyclic) bond motifs is 1. The van der Waals surface area contributed by atoms with E-state index in [9.17, 15) is 18.4 Å². The number of pyridine rings is 1. The van der Waals surface area contributed by atoms with E-state index in [0.29, 0.717) is 22.8 Å². The van der Waals surface area contributed by atoms with Crippen LogP contribution in [-0.4, -0.2) is 15.4 Å². The molecule has 2 heterocycles. The van der Waals surface area contributed by atoms with E-state index in [2.05, 4.69) is 15.6 Å². The van der Waals surface area contributed by atoms with Crippen LogP contribution in [0.4, 0.5) is 25.0 Å². The monoisotopic (exact) mass is 436 g/mol. The first kappa shape index (κ1) is 21.0. The average molecular weight is 436 g/mol. The van der Waals surface area contributed by atoms with E-state index in [-0.39, 0.29) is 17.9 Å². The van der Waals surface area contributed by atoms with Crippen molar-refractivity contribution >= 4 is 23.1 Å². The molecule has 0 saturated heterocycles. The van der Waals surface area contributed by atoms with Crippen molar-refractivity contribution in [2.24, 2.45) is 0 Å². The standard InChI is InChI=1S/C23H18F2N4O3/c1-14-5-4-10-29-21(30)12-16(26-22(14)29)13-32-20-7-3-2-6-18(20)27-23(31)28-19-11-15(24)8-9-17(19)25/h2-12H,13H2,1H3,(H2,27,28,31). The SMILES string of the molecule is Cc1cccn2c(=O)cc(COc3ccccc3NC(=O)Nc3cc(F)ccc3F)nc12. The molecule has 0 aliphatic heterocycles. The second-order valence-electron chi connectivity index (χ2n) is 6.96. The van der Waals surface area contributed by atoms with Gasteiger partial charge in [-0.1, -0.05) is 18.2 Å². The molecule has 2 aromatic carbocycles. The molecule has 0 bridgehead atoms. The van der Waals surface area contributed by atoms with Gasteiger partial charge in [0.05, 0.1) is 17.1 Å². The van der Waals surface area contributed by atoms with Gasteiger partial charge in [-0.25, -0.2) is 18.6 Å². The van der Waals surface area contributed by atoms with Crippen molar-refractivity contribution in [2.75, 3.05) is 10.6 Å². The molecule has 0 saturated carbocycles. The predicted octanol–water partition coefficient (Wildman–Crippen LogP) is 4.50. The van der Waals surface area contributed by atoms with Gasteiger partial charge in [0.2, 0.25) is 0 Å². The molecule has 4 rings (SSSR count). The average Bonchev–Trinajstić information content (AvgIpc) is 2.76. The van der Waals surface area contributed by atoms with Crippen LogP contribution in [0.2, 0.25) is 0 Å². The zero-order chi connectivity index (χ0) is 22.7. The Kier molecular flexibility index (Phi) is 5.80. The largest absolute Gasteiger partial charge is 0.485 e. The van der Waals surface area contributed by atoms with E-state index in [0.717, 1.165) is 23.8 Å². The molecule has 0 unspecified atom stereocenters. The van der Waals surface area contributed by atoms with Gasteiger partial charge in [-0.05, 0) is 42.8 Å². The molecule has 9 heteroatoms. The fourth-order valence-corrected chi connectivity index (χ4v) is 3.10. The summed E-state index contributed by atoms with van der Waals surface area (Å²) in [5.41, 5.74) is 1.56. The first-order chi connectivity index (χ1) is 15.4. The summed E-state index contributed by atoms with van der Waals surface area (Å²) in [5.74, 6) is -1.14. The highest BCUT2D eigenvalue weighted by Crippen LogP contribution is 2.25. The van der Waals surface area contributed by atoms with Crippen molar-refractivity contribution < 1.29 is 18.3 Å². The Balaban J connectivity index is 1.50. The van der Waals surface area contributed by atoms with E-state index in [1.54, 1.807) is 36.5 Å². The highest BCUT2D eigenvalue weighted by molar-refractivity contribution is 6.00. The summed E-state index contributed by atoms with van der Waals surface area (Å²) < 4.78 is 34.3. The predicted molar refractivity (Wildman–Crippen MR) is 116 cm³/mol. The third kappa shape index (κ3) is 4.56. The minimum absolute atomic E-state index is 0.0150. The summed E-state index contributed by atoms with van der Waals surface area (Å²) in [5, 5.41) is 4.80. The number of anilines is 2. The summed E-state index contributed by atoms with van der Waals surface area (Å²) >= 11 is 0. The van der Waals surface area contributed by atoms with Crippen molar-refractivity contribution in [3.63, 3.8) is 0 Å². The van der Waals surface area contributed by atoms with Crippen LogP contribution in [0.25, 0.3) is 5.65 Å². The third-order valence-electron chi connectivity index (χ3n) is 4.63. The highest BCUT2D eigenvalue weighted by Gasteiger charge is 2.12. The molecular weight excluding hydrogens is 418 g/mol. The number of urea groups is 1. The number of aromatic nitrogens is 2. The minimum atomic E-state index is -0.775. The van der Waals surface area contributed by atoms with Gasteiger partial charge in [0, 0.05) is 18.3 Å². The highest BCUT2D eigenvalue weighted by atomic mass is 19.1. The van der Waals surface area contributed by atoms with Crippen LogP contribution in [0.3, 0.4) is 0 Å². The van der Waals surface area contributed by atoms with Crippen molar-refractivity contribution in [1.82, 2.24) is 9.38 Å². The number of hydrogen-bond acceptors (Lipinski definition) is 4. The maximum Gasteiger partial charge on any atom is 0.323 e. The van der Waals surface area contributed by atoms with Crippen molar-refractivity contribution in [1.29, 1.82) is 0 Å². The van der Waals surface area contributed by atoms with Gasteiger partial charge >= 0.3 is 6.03 Å². The number of aryl methyl sites for hydroxylation is 1. The van der Waals surface area contributed by atoms with E-state index in [1.165, 1.54) is 10.5 Å². The van der Waals surface area contributed by atoms with E-state index >= 15 is 0 Å². The number of carbonyl (C=O) groups excluding carboxylic acids is 1. The smallest absolute Gasteiger partial charge is 0.323 e. The summed E-state index contributed by atoms with van der Waals surface area (Å²) in [6.45, 7) is 1.84. The van der Waals surface area contributed by atoms with Crippen LogP contribution in [0.1, 0.15) is 11.3 Å². The molecule has 0 radical (unpaired) electrons. The molecule has 0 fully saturated rings. The molecule has 32 heavy (non-hydrogen) atoms. The van der Waals surface area contributed by atoms with Gasteiger partial charge in [0.15, 0.2) is 0 Å². The Bertz CT molecular complexity index is 1370. The molecule has 7 nitrogen and oxygen atoms in total. The maximum absolute atomic E-state index is 13.8. The summed E-state index contributed by atoms with van der Waals surface area (Å²) in [7, 11) is 0. The third-order valence-corrected chi connectivity index (χ3v) is 4.63. The minimum Gasteiger partial charge on any atom is -0.485 e. The Labute approximate surface area is 181 Å². The molecule has 0 aliphatic rings. The molecule has 162 valence electrons. The lowest BCUT2D eigenvalue weighted by molar-refractivity contribution is 0.261. The topological polar surface area (TPSA) is 84.7 Å². The van der Waals surface area contributed by atoms with Crippen LogP contribution in [-0.2, 0) is 6.61 Å². The second-order valence-corrected chi connectivity index (χ2v) is 6.96. The van der Waals surface area contributed by atoms with Crippen LogP contribution in [0.15, 0.2) is 71.7 Å². The number of benzene rings is 2. The number of hydrogen-bond donors (Lipinski definition) is 2. The number of ether oxygens (including phenoxy) is 1. The van der Waals surface area contributed by atoms with Gasteiger partial charge < -0.3 is 15.4 Å². The number of nitrogens with one attached hydrogen (secondary N) is 2. The Morgan fingerprint density at radius 1 is 1.03 bits per heavy atom. The fraction of sp³-hybridized carbons (Fsp3) is 0.0870. The molecule has 2 N–H and O–H groups in total. The quantitative estimate of drug-likeness (QED) is 0.482. The first-order valence-corrected chi connectivity index (χ1v) is 9.63. The van der Waals surface area contributed by atoms with E-state index in [4.69, 9.17) is 4.74 Å². The van der Waals surface area contributed by atoms with Gasteiger partial charge in [-0.15, -0.1) is 0 Å². The normalized spacial score (nSPS) is 10.7. The summed E-state index contributed by atoms with van der Waals surface area (Å²) in [6, 6.07) is 13.6. The van der Waals surface area contributed by atoms with Crippen LogP contribution in [0, 0.1) is 18.6 Å². The maximum atomic E-state index is 13.8. The number of rotatable bonds is 5. The van der Waals surface area contributed by atoms with Gasteiger partial charge in [-0.3, -0.25) is 9.20 Å². The molecule has 0 aliphatic carbocycles. The number of halogens is 2. The Morgan fingerprint density at radius 3 is 2.66 bits per heavy atom. The van der Waals surface area contributed by atoms with E-state index < -0.39 is 17.7 Å². The van der Waals surface area contributed by atoms with Crippen molar-refractivity contribution in [3.8, 4) is 5.75 Å². The van der Waals surface area contributed by atoms with Crippen LogP contribution >= 0.6 is 0 Å². The van der Waals surface area contributed by atoms with E-state index in [1.807, 2.05) is 13.0 Å². The number of carbonyl (C=O) groups is 1. The summed E-state index contributed by atoms with van der Waals surface area (Å²) in [4.78, 5) is 29.1. The van der Waals surface area contributed by atoms with Crippen molar-refractivity contribution in [3.05, 3.63) is 100 Å². The zero-order valence-corrected chi connectivity index (χ0v) is 16.9. The number of para-hydroxylation sites is 2. The fourth-order valence-electron chi connectivity index (χ4n) is 3.10. The zero-order valence-electron chi connectivity index (χ0n) is 16.9. The van der Waals surface area contributed by atoms with Gasteiger partial charge in [0.1, 0.15) is 29.6 Å². The summed E-state index contributed by atoms with van der Waals surface area (Å²) in [6.07, 6.45) is 1.64. The lowest BCUT2D eigenvalue weighted by atomic mass is 10.2. The molecule has 4 aromatic rings.